The summed E-state index contributed by atoms with van der Waals surface area (Å²) in [5, 5.41) is 19.1. The number of rotatable bonds is 4. The van der Waals surface area contributed by atoms with Crippen LogP contribution >= 0.6 is 0 Å². The molecule has 0 radical (unpaired) electrons. The summed E-state index contributed by atoms with van der Waals surface area (Å²) in [6, 6.07) is 8.23. The Morgan fingerprint density at radius 3 is 2.46 bits per heavy atom. The summed E-state index contributed by atoms with van der Waals surface area (Å²) >= 11 is 0. The lowest BCUT2D eigenvalue weighted by atomic mass is 10.1. The molecule has 0 amide bonds. The van der Waals surface area contributed by atoms with Crippen molar-refractivity contribution >= 4 is 0 Å². The Hall–Kier alpha value is -1.42. The van der Waals surface area contributed by atoms with Gasteiger partial charge in [-0.05, 0) is 5.56 Å². The second-order valence-corrected chi connectivity index (χ2v) is 2.81. The molecule has 4 heteroatoms. The molecule has 0 spiro atoms. The lowest BCUT2D eigenvalue weighted by Gasteiger charge is -2.05. The molecule has 0 heterocycles. The minimum Gasteiger partial charge on any atom is -0.389 e. The van der Waals surface area contributed by atoms with Crippen LogP contribution in [0.5, 0.6) is 0 Å². The van der Waals surface area contributed by atoms with Gasteiger partial charge in [0.25, 0.3) is 0 Å². The average molecular weight is 181 g/mol. The van der Waals surface area contributed by atoms with Gasteiger partial charge in [-0.2, -0.15) is 0 Å². The van der Waals surface area contributed by atoms with Crippen LogP contribution in [0.2, 0.25) is 0 Å². The van der Waals surface area contributed by atoms with Gasteiger partial charge in [0.2, 0.25) is 6.04 Å². The number of aliphatic hydroxyl groups excluding tert-OH is 1. The van der Waals surface area contributed by atoms with E-state index in [4.69, 9.17) is 5.11 Å². The fraction of sp³-hybridized carbons (Fsp3) is 0.333. The summed E-state index contributed by atoms with van der Waals surface area (Å²) in [5.74, 6) is 0. The molecule has 0 saturated carbocycles. The Balaban J connectivity index is 2.62. The molecule has 1 aromatic rings. The van der Waals surface area contributed by atoms with Gasteiger partial charge in [-0.1, -0.05) is 30.3 Å². The van der Waals surface area contributed by atoms with Crippen LogP contribution in [0, 0.1) is 10.1 Å². The van der Waals surface area contributed by atoms with Crippen LogP contribution in [0.15, 0.2) is 30.3 Å². The maximum Gasteiger partial charge on any atom is 0.239 e. The zero-order chi connectivity index (χ0) is 9.68. The molecule has 0 saturated heterocycles. The van der Waals surface area contributed by atoms with Gasteiger partial charge < -0.3 is 5.11 Å². The lowest BCUT2D eigenvalue weighted by molar-refractivity contribution is -0.525. The van der Waals surface area contributed by atoms with E-state index in [1.165, 1.54) is 0 Å². The smallest absolute Gasteiger partial charge is 0.239 e. The molecule has 1 rings (SSSR count). The molecule has 4 nitrogen and oxygen atoms in total. The molecule has 70 valence electrons. The molecule has 0 aromatic heterocycles. The van der Waals surface area contributed by atoms with Crippen molar-refractivity contribution in [2.45, 2.75) is 12.5 Å². The summed E-state index contributed by atoms with van der Waals surface area (Å²) < 4.78 is 0. The van der Waals surface area contributed by atoms with Gasteiger partial charge in [-0.3, -0.25) is 10.1 Å². The van der Waals surface area contributed by atoms with Gasteiger partial charge in [0.1, 0.15) is 6.61 Å². The number of aliphatic hydroxyl groups is 1. The van der Waals surface area contributed by atoms with Crippen molar-refractivity contribution in [2.24, 2.45) is 0 Å². The van der Waals surface area contributed by atoms with Crippen molar-refractivity contribution in [3.05, 3.63) is 46.0 Å². The van der Waals surface area contributed by atoms with Crippen LogP contribution in [0.1, 0.15) is 5.56 Å². The molecular formula is C9H11NO3. The fourth-order valence-corrected chi connectivity index (χ4v) is 1.09. The second-order valence-electron chi connectivity index (χ2n) is 2.81. The Morgan fingerprint density at radius 2 is 2.00 bits per heavy atom. The molecule has 1 unspecified atom stereocenters. The van der Waals surface area contributed by atoms with Gasteiger partial charge in [0, 0.05) is 11.3 Å². The zero-order valence-corrected chi connectivity index (χ0v) is 7.09. The predicted octanol–water partition coefficient (Wildman–Crippen LogP) is 0.867. The zero-order valence-electron chi connectivity index (χ0n) is 7.09. The van der Waals surface area contributed by atoms with E-state index in [2.05, 4.69) is 0 Å². The normalized spacial score (nSPS) is 12.4. The SMILES string of the molecule is O=[N+]([O-])C(CO)Cc1ccccc1. The number of benzene rings is 1. The third kappa shape index (κ3) is 2.83. The lowest BCUT2D eigenvalue weighted by Crippen LogP contribution is -2.26. The fourth-order valence-electron chi connectivity index (χ4n) is 1.09. The highest BCUT2D eigenvalue weighted by Gasteiger charge is 2.18. The Kier molecular flexibility index (Phi) is 3.40. The maximum atomic E-state index is 10.4. The first kappa shape index (κ1) is 9.67. The maximum absolute atomic E-state index is 10.4. The first-order chi connectivity index (χ1) is 6.24. The van der Waals surface area contributed by atoms with E-state index in [0.717, 1.165) is 5.56 Å². The van der Waals surface area contributed by atoms with E-state index < -0.39 is 17.6 Å². The Labute approximate surface area is 76.0 Å². The Morgan fingerprint density at radius 1 is 1.38 bits per heavy atom. The van der Waals surface area contributed by atoms with E-state index in [0.29, 0.717) is 0 Å². The molecule has 1 aromatic carbocycles. The highest BCUT2D eigenvalue weighted by Crippen LogP contribution is 2.04. The van der Waals surface area contributed by atoms with Gasteiger partial charge in [-0.15, -0.1) is 0 Å². The Bertz CT molecular complexity index is 273. The molecule has 1 N–H and O–H groups in total. The second kappa shape index (κ2) is 4.57. The third-order valence-electron chi connectivity index (χ3n) is 1.82. The quantitative estimate of drug-likeness (QED) is 0.553. The van der Waals surface area contributed by atoms with E-state index in [9.17, 15) is 10.1 Å². The van der Waals surface area contributed by atoms with E-state index in [-0.39, 0.29) is 6.42 Å². The largest absolute Gasteiger partial charge is 0.389 e. The predicted molar refractivity (Wildman–Crippen MR) is 48.0 cm³/mol. The molecule has 0 bridgehead atoms. The van der Waals surface area contributed by atoms with Crippen molar-refractivity contribution in [2.75, 3.05) is 6.61 Å². The summed E-state index contributed by atoms with van der Waals surface area (Å²) in [5.41, 5.74) is 0.873. The number of hydrogen-bond donors (Lipinski definition) is 1. The third-order valence-corrected chi connectivity index (χ3v) is 1.82. The van der Waals surface area contributed by atoms with E-state index in [1.807, 2.05) is 30.3 Å². The molecule has 13 heavy (non-hydrogen) atoms. The number of nitro groups is 1. The minimum atomic E-state index is -0.887. The first-order valence-corrected chi connectivity index (χ1v) is 4.02. The average Bonchev–Trinajstić information content (AvgIpc) is 2.15. The van der Waals surface area contributed by atoms with Crippen LogP contribution in [0.25, 0.3) is 0 Å². The molecular weight excluding hydrogens is 170 g/mol. The van der Waals surface area contributed by atoms with Crippen molar-refractivity contribution in [3.63, 3.8) is 0 Å². The summed E-state index contributed by atoms with van der Waals surface area (Å²) in [6.45, 7) is -0.415. The standard InChI is InChI=1S/C9H11NO3/c11-7-9(10(12)13)6-8-4-2-1-3-5-8/h1-5,9,11H,6-7H2. The molecule has 0 aliphatic heterocycles. The van der Waals surface area contributed by atoms with Crippen LogP contribution in [-0.4, -0.2) is 22.7 Å². The van der Waals surface area contributed by atoms with Crippen LogP contribution in [0.3, 0.4) is 0 Å². The minimum absolute atomic E-state index is 0.282. The van der Waals surface area contributed by atoms with Gasteiger partial charge in [0.05, 0.1) is 0 Å². The van der Waals surface area contributed by atoms with Crippen LogP contribution in [-0.2, 0) is 6.42 Å². The monoisotopic (exact) mass is 181 g/mol. The van der Waals surface area contributed by atoms with Crippen LogP contribution in [0.4, 0.5) is 0 Å². The number of hydrogen-bond acceptors (Lipinski definition) is 3. The van der Waals surface area contributed by atoms with Gasteiger partial charge in [0.15, 0.2) is 0 Å². The molecule has 1 atom stereocenters. The van der Waals surface area contributed by atoms with Gasteiger partial charge >= 0.3 is 0 Å². The van der Waals surface area contributed by atoms with Crippen molar-refractivity contribution < 1.29 is 10.0 Å². The number of nitrogens with zero attached hydrogens (tertiary/aromatic N) is 1. The summed E-state index contributed by atoms with van der Waals surface area (Å²) in [7, 11) is 0. The van der Waals surface area contributed by atoms with Crippen molar-refractivity contribution in [3.8, 4) is 0 Å². The highest BCUT2D eigenvalue weighted by atomic mass is 16.6. The van der Waals surface area contributed by atoms with Crippen molar-refractivity contribution in [1.29, 1.82) is 0 Å². The van der Waals surface area contributed by atoms with E-state index >= 15 is 0 Å². The molecule has 0 aliphatic carbocycles. The van der Waals surface area contributed by atoms with E-state index in [1.54, 1.807) is 0 Å². The molecule has 0 fully saturated rings. The van der Waals surface area contributed by atoms with Crippen molar-refractivity contribution in [1.82, 2.24) is 0 Å². The topological polar surface area (TPSA) is 63.4 Å². The summed E-state index contributed by atoms with van der Waals surface area (Å²) in [4.78, 5) is 9.93. The first-order valence-electron chi connectivity index (χ1n) is 4.02. The van der Waals surface area contributed by atoms with Crippen LogP contribution < -0.4 is 0 Å². The highest BCUT2D eigenvalue weighted by molar-refractivity contribution is 5.15. The molecule has 0 aliphatic rings. The van der Waals surface area contributed by atoms with Gasteiger partial charge in [-0.25, -0.2) is 0 Å². The summed E-state index contributed by atoms with van der Waals surface area (Å²) in [6.07, 6.45) is 0.282.